The van der Waals surface area contributed by atoms with E-state index in [4.69, 9.17) is 0 Å². The fourth-order valence-electron chi connectivity index (χ4n) is 1.96. The van der Waals surface area contributed by atoms with Gasteiger partial charge in [-0.25, -0.2) is 0 Å². The Morgan fingerprint density at radius 2 is 2.28 bits per heavy atom. The minimum absolute atomic E-state index is 0.0173. The third-order valence-corrected chi connectivity index (χ3v) is 3.70. The summed E-state index contributed by atoms with van der Waals surface area (Å²) in [5.41, 5.74) is 1.58. The molecule has 0 aliphatic rings. The minimum Gasteiger partial charge on any atom is -0.352 e. The molecule has 1 atom stereocenters. The number of halogens is 1. The van der Waals surface area contributed by atoms with Gasteiger partial charge in [0.05, 0.1) is 11.8 Å². The number of amides is 1. The first-order valence-electron chi connectivity index (χ1n) is 6.42. The molecule has 1 heterocycles. The maximum Gasteiger partial charge on any atom is 0.254 e. The molecule has 0 saturated heterocycles. The predicted molar refractivity (Wildman–Crippen MR) is 77.1 cm³/mol. The molecular formula is C13H22BrN3O. The van der Waals surface area contributed by atoms with Gasteiger partial charge in [0.2, 0.25) is 0 Å². The topological polar surface area (TPSA) is 46.9 Å². The van der Waals surface area contributed by atoms with E-state index in [9.17, 15) is 4.79 Å². The summed E-state index contributed by atoms with van der Waals surface area (Å²) in [6, 6.07) is 0. The van der Waals surface area contributed by atoms with Crippen molar-refractivity contribution in [3.8, 4) is 0 Å². The fourth-order valence-corrected chi connectivity index (χ4v) is 2.61. The first-order valence-corrected chi connectivity index (χ1v) is 7.55. The molecule has 0 aliphatic carbocycles. The van der Waals surface area contributed by atoms with Gasteiger partial charge in [-0.1, -0.05) is 29.3 Å². The second kappa shape index (κ2) is 7.56. The highest BCUT2D eigenvalue weighted by Gasteiger charge is 2.14. The SMILES string of the molecule is CCCC(CCBr)CNC(=O)c1cnn(C)c1C. The molecular weight excluding hydrogens is 294 g/mol. The van der Waals surface area contributed by atoms with Gasteiger partial charge in [-0.2, -0.15) is 5.10 Å². The van der Waals surface area contributed by atoms with E-state index >= 15 is 0 Å². The van der Waals surface area contributed by atoms with E-state index in [1.54, 1.807) is 10.9 Å². The summed E-state index contributed by atoms with van der Waals surface area (Å²) in [4.78, 5) is 12.0. The van der Waals surface area contributed by atoms with Crippen LogP contribution in [0, 0.1) is 12.8 Å². The molecule has 0 saturated carbocycles. The molecule has 1 unspecified atom stereocenters. The average Bonchev–Trinajstić information content (AvgIpc) is 2.67. The molecule has 0 spiro atoms. The van der Waals surface area contributed by atoms with Gasteiger partial charge in [0.15, 0.2) is 0 Å². The Kier molecular flexibility index (Phi) is 6.39. The molecule has 0 fully saturated rings. The third-order valence-electron chi connectivity index (χ3n) is 3.25. The fraction of sp³-hybridized carbons (Fsp3) is 0.692. The van der Waals surface area contributed by atoms with E-state index in [0.717, 1.165) is 36.8 Å². The maximum absolute atomic E-state index is 12.0. The molecule has 0 bridgehead atoms. The van der Waals surface area contributed by atoms with E-state index in [0.29, 0.717) is 11.5 Å². The maximum atomic E-state index is 12.0. The van der Waals surface area contributed by atoms with Crippen LogP contribution in [0.15, 0.2) is 6.20 Å². The molecule has 4 nitrogen and oxygen atoms in total. The van der Waals surface area contributed by atoms with Crippen LogP contribution in [0.3, 0.4) is 0 Å². The summed E-state index contributed by atoms with van der Waals surface area (Å²) in [6.45, 7) is 4.82. The highest BCUT2D eigenvalue weighted by atomic mass is 79.9. The van der Waals surface area contributed by atoms with Crippen molar-refractivity contribution in [2.75, 3.05) is 11.9 Å². The average molecular weight is 316 g/mol. The molecule has 1 rings (SSSR count). The van der Waals surface area contributed by atoms with Crippen LogP contribution in [-0.4, -0.2) is 27.6 Å². The number of alkyl halides is 1. The zero-order valence-corrected chi connectivity index (χ0v) is 13.0. The Hall–Kier alpha value is -0.840. The first kappa shape index (κ1) is 15.2. The summed E-state index contributed by atoms with van der Waals surface area (Å²) < 4.78 is 1.72. The Bertz CT molecular complexity index is 384. The van der Waals surface area contributed by atoms with Crippen molar-refractivity contribution >= 4 is 21.8 Å². The number of hydrogen-bond donors (Lipinski definition) is 1. The van der Waals surface area contributed by atoms with E-state index in [2.05, 4.69) is 33.3 Å². The summed E-state index contributed by atoms with van der Waals surface area (Å²) in [7, 11) is 1.84. The molecule has 1 aromatic rings. The van der Waals surface area contributed by atoms with Crippen LogP contribution < -0.4 is 5.32 Å². The predicted octanol–water partition coefficient (Wildman–Crippen LogP) is 2.66. The van der Waals surface area contributed by atoms with Crippen LogP contribution in [0.25, 0.3) is 0 Å². The van der Waals surface area contributed by atoms with Crippen LogP contribution in [-0.2, 0) is 7.05 Å². The monoisotopic (exact) mass is 315 g/mol. The number of nitrogens with one attached hydrogen (secondary N) is 1. The van der Waals surface area contributed by atoms with Crippen LogP contribution in [0.4, 0.5) is 0 Å². The summed E-state index contributed by atoms with van der Waals surface area (Å²) in [5.74, 6) is 0.534. The van der Waals surface area contributed by atoms with Crippen molar-refractivity contribution in [1.82, 2.24) is 15.1 Å². The normalized spacial score (nSPS) is 12.4. The zero-order valence-electron chi connectivity index (χ0n) is 11.4. The van der Waals surface area contributed by atoms with Crippen LogP contribution in [0.2, 0.25) is 0 Å². The van der Waals surface area contributed by atoms with Crippen LogP contribution in [0.5, 0.6) is 0 Å². The molecule has 1 amide bonds. The van der Waals surface area contributed by atoms with Gasteiger partial charge in [-0.3, -0.25) is 9.48 Å². The Morgan fingerprint density at radius 1 is 1.56 bits per heavy atom. The van der Waals surface area contributed by atoms with Gasteiger partial charge in [0.1, 0.15) is 0 Å². The van der Waals surface area contributed by atoms with E-state index < -0.39 is 0 Å². The molecule has 18 heavy (non-hydrogen) atoms. The number of aromatic nitrogens is 2. The molecule has 1 aromatic heterocycles. The first-order chi connectivity index (χ1) is 8.60. The van der Waals surface area contributed by atoms with Gasteiger partial charge in [-0.15, -0.1) is 0 Å². The van der Waals surface area contributed by atoms with Gasteiger partial charge in [0, 0.05) is 24.6 Å². The molecule has 0 aromatic carbocycles. The van der Waals surface area contributed by atoms with E-state index in [-0.39, 0.29) is 5.91 Å². The molecule has 1 N–H and O–H groups in total. The highest BCUT2D eigenvalue weighted by Crippen LogP contribution is 2.12. The van der Waals surface area contributed by atoms with Crippen LogP contribution >= 0.6 is 15.9 Å². The standard InChI is InChI=1S/C13H22BrN3O/c1-4-5-11(6-7-14)8-15-13(18)12-9-16-17(3)10(12)2/h9,11H,4-8H2,1-3H3,(H,15,18). The number of nitrogens with zero attached hydrogens (tertiary/aromatic N) is 2. The molecule has 0 radical (unpaired) electrons. The van der Waals surface area contributed by atoms with Crippen LogP contribution in [0.1, 0.15) is 42.2 Å². The number of rotatable bonds is 7. The van der Waals surface area contributed by atoms with E-state index in [1.165, 1.54) is 0 Å². The number of carbonyl (C=O) groups is 1. The van der Waals surface area contributed by atoms with Crippen molar-refractivity contribution in [2.24, 2.45) is 13.0 Å². The smallest absolute Gasteiger partial charge is 0.254 e. The quantitative estimate of drug-likeness (QED) is 0.786. The number of hydrogen-bond acceptors (Lipinski definition) is 2. The lowest BCUT2D eigenvalue weighted by atomic mass is 10.0. The number of carbonyl (C=O) groups excluding carboxylic acids is 1. The lowest BCUT2D eigenvalue weighted by Gasteiger charge is -2.15. The Labute approximate surface area is 117 Å². The van der Waals surface area contributed by atoms with Gasteiger partial charge in [-0.05, 0) is 25.7 Å². The third kappa shape index (κ3) is 4.12. The summed E-state index contributed by atoms with van der Waals surface area (Å²) >= 11 is 3.46. The minimum atomic E-state index is -0.0173. The zero-order chi connectivity index (χ0) is 13.5. The molecule has 102 valence electrons. The molecule has 5 heteroatoms. The van der Waals surface area contributed by atoms with Gasteiger partial charge < -0.3 is 5.32 Å². The lowest BCUT2D eigenvalue weighted by Crippen LogP contribution is -2.29. The van der Waals surface area contributed by atoms with Crippen molar-refractivity contribution in [3.63, 3.8) is 0 Å². The number of aryl methyl sites for hydroxylation is 1. The Morgan fingerprint density at radius 3 is 2.78 bits per heavy atom. The van der Waals surface area contributed by atoms with Gasteiger partial charge >= 0.3 is 0 Å². The lowest BCUT2D eigenvalue weighted by molar-refractivity contribution is 0.0945. The van der Waals surface area contributed by atoms with Crippen molar-refractivity contribution in [2.45, 2.75) is 33.1 Å². The summed E-state index contributed by atoms with van der Waals surface area (Å²) in [5, 5.41) is 8.08. The Balaban J connectivity index is 2.51. The second-order valence-corrected chi connectivity index (χ2v) is 5.40. The van der Waals surface area contributed by atoms with Gasteiger partial charge in [0.25, 0.3) is 5.91 Å². The van der Waals surface area contributed by atoms with Crippen molar-refractivity contribution in [3.05, 3.63) is 17.5 Å². The molecule has 0 aliphatic heterocycles. The second-order valence-electron chi connectivity index (χ2n) is 4.61. The highest BCUT2D eigenvalue weighted by molar-refractivity contribution is 9.09. The van der Waals surface area contributed by atoms with Crippen molar-refractivity contribution < 1.29 is 4.79 Å². The van der Waals surface area contributed by atoms with Crippen molar-refractivity contribution in [1.29, 1.82) is 0 Å². The largest absolute Gasteiger partial charge is 0.352 e. The van der Waals surface area contributed by atoms with E-state index in [1.807, 2.05) is 14.0 Å². The summed E-state index contributed by atoms with van der Waals surface area (Å²) in [6.07, 6.45) is 5.03.